The summed E-state index contributed by atoms with van der Waals surface area (Å²) in [4.78, 5) is 29.0. The van der Waals surface area contributed by atoms with Crippen LogP contribution in [0.4, 0.5) is 13.2 Å². The molecule has 0 bridgehead atoms. The highest BCUT2D eigenvalue weighted by molar-refractivity contribution is 7.12. The van der Waals surface area contributed by atoms with Crippen molar-refractivity contribution >= 4 is 28.3 Å². The molecule has 0 saturated carbocycles. The molecule has 4 aromatic heterocycles. The van der Waals surface area contributed by atoms with Crippen molar-refractivity contribution in [3.63, 3.8) is 0 Å². The number of halogens is 3. The van der Waals surface area contributed by atoms with Gasteiger partial charge in [0.15, 0.2) is 16.5 Å². The van der Waals surface area contributed by atoms with Crippen LogP contribution in [0.1, 0.15) is 21.6 Å². The lowest BCUT2D eigenvalue weighted by atomic mass is 10.2. The molecule has 0 aliphatic rings. The first-order chi connectivity index (χ1) is 13.3. The molecule has 0 fully saturated rings. The van der Waals surface area contributed by atoms with Crippen LogP contribution < -0.4 is 5.43 Å². The second kappa shape index (κ2) is 6.68. The van der Waals surface area contributed by atoms with E-state index in [4.69, 9.17) is 0 Å². The Labute approximate surface area is 159 Å². The first-order valence-corrected chi connectivity index (χ1v) is 8.80. The van der Waals surface area contributed by atoms with E-state index in [1.165, 1.54) is 35.9 Å². The predicted octanol–water partition coefficient (Wildman–Crippen LogP) is 3.66. The first kappa shape index (κ1) is 18.0. The molecule has 0 radical (unpaired) electrons. The average molecular weight is 404 g/mol. The van der Waals surface area contributed by atoms with E-state index in [2.05, 4.69) is 25.4 Å². The minimum atomic E-state index is -4.58. The van der Waals surface area contributed by atoms with Gasteiger partial charge in [-0.1, -0.05) is 0 Å². The van der Waals surface area contributed by atoms with E-state index in [1.807, 2.05) is 0 Å². The number of nitrogens with one attached hydrogen (secondary N) is 1. The molecule has 0 saturated heterocycles. The molecule has 4 rings (SSSR count). The minimum Gasteiger partial charge on any atom is -0.267 e. The van der Waals surface area contributed by atoms with E-state index < -0.39 is 17.6 Å². The molecule has 1 N–H and O–H groups in total. The molecule has 1 amide bonds. The van der Waals surface area contributed by atoms with Gasteiger partial charge < -0.3 is 0 Å². The molecule has 7 nitrogen and oxygen atoms in total. The number of hydrogen-bond donors (Lipinski definition) is 1. The van der Waals surface area contributed by atoms with Gasteiger partial charge in [0.1, 0.15) is 0 Å². The Bertz CT molecular complexity index is 1170. The highest BCUT2D eigenvalue weighted by atomic mass is 32.1. The summed E-state index contributed by atoms with van der Waals surface area (Å²) in [5, 5.41) is 2.27. The van der Waals surface area contributed by atoms with Crippen LogP contribution in [0.5, 0.6) is 0 Å². The third kappa shape index (κ3) is 3.20. The molecular weight excluding hydrogens is 393 g/mol. The van der Waals surface area contributed by atoms with Gasteiger partial charge in [-0.25, -0.2) is 24.6 Å². The Morgan fingerprint density at radius 3 is 2.71 bits per heavy atom. The highest BCUT2D eigenvalue weighted by Crippen LogP contribution is 2.35. The third-order valence-corrected chi connectivity index (χ3v) is 4.71. The monoisotopic (exact) mass is 404 g/mol. The minimum absolute atomic E-state index is 0.0128. The smallest absolute Gasteiger partial charge is 0.267 e. The molecule has 142 valence electrons. The molecule has 0 unspecified atom stereocenters. The maximum Gasteiger partial charge on any atom is 0.418 e. The van der Waals surface area contributed by atoms with Gasteiger partial charge in [-0.15, -0.1) is 11.3 Å². The van der Waals surface area contributed by atoms with Crippen LogP contribution in [0, 0.1) is 6.92 Å². The van der Waals surface area contributed by atoms with E-state index >= 15 is 0 Å². The number of nitrogens with zero attached hydrogens (tertiary/aromatic N) is 5. The molecule has 11 heteroatoms. The van der Waals surface area contributed by atoms with Crippen molar-refractivity contribution in [2.24, 2.45) is 0 Å². The Kier molecular flexibility index (Phi) is 4.30. The topological polar surface area (TPSA) is 85.6 Å². The second-order valence-electron chi connectivity index (χ2n) is 5.76. The molecule has 0 spiro atoms. The summed E-state index contributed by atoms with van der Waals surface area (Å²) in [7, 11) is 0. The van der Waals surface area contributed by atoms with E-state index in [1.54, 1.807) is 18.5 Å². The molecule has 0 atom stereocenters. The number of pyridine rings is 1. The number of thiazole rings is 1. The van der Waals surface area contributed by atoms with E-state index in [-0.39, 0.29) is 16.6 Å². The van der Waals surface area contributed by atoms with Crippen LogP contribution >= 0.6 is 11.3 Å². The average Bonchev–Trinajstić information content (AvgIpc) is 3.30. The Balaban J connectivity index is 1.68. The first-order valence-electron chi connectivity index (χ1n) is 7.92. The molecule has 0 aliphatic heterocycles. The highest BCUT2D eigenvalue weighted by Gasteiger charge is 2.35. The van der Waals surface area contributed by atoms with Crippen molar-refractivity contribution in [2.75, 3.05) is 5.43 Å². The van der Waals surface area contributed by atoms with Crippen LogP contribution in [0.25, 0.3) is 21.9 Å². The van der Waals surface area contributed by atoms with Gasteiger partial charge in [-0.05, 0) is 19.1 Å². The van der Waals surface area contributed by atoms with Gasteiger partial charge in [0.2, 0.25) is 0 Å². The largest absolute Gasteiger partial charge is 0.418 e. The maximum absolute atomic E-state index is 13.3. The summed E-state index contributed by atoms with van der Waals surface area (Å²) >= 11 is 1.35. The fourth-order valence-corrected chi connectivity index (χ4v) is 3.24. The van der Waals surface area contributed by atoms with Gasteiger partial charge >= 0.3 is 6.18 Å². The molecule has 28 heavy (non-hydrogen) atoms. The van der Waals surface area contributed by atoms with Crippen molar-refractivity contribution < 1.29 is 18.0 Å². The fourth-order valence-electron chi connectivity index (χ4n) is 2.67. The standard InChI is InChI=1S/C17H11F3N6OS/c1-9-11(7-23-13(24-9)16-22-5-6-28-16)15(27)25-26-8-12(17(18,19)20)10-3-2-4-21-14(10)26/h2-8H,1H3,(H,25,27). The van der Waals surface area contributed by atoms with Gasteiger partial charge in [-0.2, -0.15) is 13.2 Å². The maximum atomic E-state index is 13.3. The lowest BCUT2D eigenvalue weighted by molar-refractivity contribution is -0.136. The Hall–Kier alpha value is -3.34. The van der Waals surface area contributed by atoms with Crippen molar-refractivity contribution in [3.8, 4) is 10.8 Å². The van der Waals surface area contributed by atoms with Gasteiger partial charge in [0.25, 0.3) is 5.91 Å². The van der Waals surface area contributed by atoms with Crippen molar-refractivity contribution in [2.45, 2.75) is 13.1 Å². The lowest BCUT2D eigenvalue weighted by Crippen LogP contribution is -2.24. The SMILES string of the molecule is Cc1nc(-c2nccs2)ncc1C(=O)Nn1cc(C(F)(F)F)c2cccnc21. The van der Waals surface area contributed by atoms with Crippen LogP contribution in [0.3, 0.4) is 0 Å². The predicted molar refractivity (Wildman–Crippen MR) is 96.3 cm³/mol. The van der Waals surface area contributed by atoms with Crippen LogP contribution in [0.15, 0.2) is 42.3 Å². The Morgan fingerprint density at radius 1 is 1.21 bits per heavy atom. The zero-order valence-electron chi connectivity index (χ0n) is 14.2. The summed E-state index contributed by atoms with van der Waals surface area (Å²) in [5.74, 6) is -0.282. The van der Waals surface area contributed by atoms with Gasteiger partial charge in [-0.3, -0.25) is 10.2 Å². The molecule has 4 aromatic rings. The van der Waals surface area contributed by atoms with Crippen LogP contribution in [-0.4, -0.2) is 30.5 Å². The van der Waals surface area contributed by atoms with Crippen molar-refractivity contribution in [3.05, 3.63) is 59.1 Å². The Morgan fingerprint density at radius 2 is 2.04 bits per heavy atom. The summed E-state index contributed by atoms with van der Waals surface area (Å²) in [6.45, 7) is 1.61. The fraction of sp³-hybridized carbons (Fsp3) is 0.118. The number of rotatable bonds is 3. The van der Waals surface area contributed by atoms with E-state index in [0.29, 0.717) is 16.5 Å². The van der Waals surface area contributed by atoms with Crippen molar-refractivity contribution in [1.82, 2.24) is 24.6 Å². The number of aromatic nitrogens is 5. The molecule has 4 heterocycles. The molecule has 0 aromatic carbocycles. The van der Waals surface area contributed by atoms with Gasteiger partial charge in [0.05, 0.1) is 16.8 Å². The summed E-state index contributed by atoms with van der Waals surface area (Å²) < 4.78 is 40.7. The summed E-state index contributed by atoms with van der Waals surface area (Å²) in [5.41, 5.74) is 2.02. The normalized spacial score (nSPS) is 11.7. The van der Waals surface area contributed by atoms with Crippen molar-refractivity contribution in [1.29, 1.82) is 0 Å². The number of fused-ring (bicyclic) bond motifs is 1. The summed E-state index contributed by atoms with van der Waals surface area (Å²) in [6.07, 6.45) is 0.504. The lowest BCUT2D eigenvalue weighted by Gasteiger charge is -2.09. The number of carbonyl (C=O) groups is 1. The quantitative estimate of drug-likeness (QED) is 0.563. The zero-order chi connectivity index (χ0) is 19.9. The van der Waals surface area contributed by atoms with Crippen LogP contribution in [-0.2, 0) is 6.18 Å². The number of aryl methyl sites for hydroxylation is 1. The molecular formula is C17H11F3N6OS. The number of hydrogen-bond acceptors (Lipinski definition) is 6. The molecule has 0 aliphatic carbocycles. The number of alkyl halides is 3. The van der Waals surface area contributed by atoms with Gasteiger partial charge in [0, 0.05) is 35.6 Å². The second-order valence-corrected chi connectivity index (χ2v) is 6.65. The zero-order valence-corrected chi connectivity index (χ0v) is 15.0. The van der Waals surface area contributed by atoms with E-state index in [9.17, 15) is 18.0 Å². The van der Waals surface area contributed by atoms with E-state index in [0.717, 1.165) is 10.9 Å². The van der Waals surface area contributed by atoms with Crippen LogP contribution in [0.2, 0.25) is 0 Å². The third-order valence-electron chi connectivity index (χ3n) is 3.94. The number of amides is 1. The number of carbonyl (C=O) groups excluding carboxylic acids is 1. The summed E-state index contributed by atoms with van der Waals surface area (Å²) in [6, 6.07) is 2.70.